The lowest BCUT2D eigenvalue weighted by Gasteiger charge is -2.52. The van der Waals surface area contributed by atoms with Crippen LogP contribution in [0.25, 0.3) is 0 Å². The summed E-state index contributed by atoms with van der Waals surface area (Å²) in [5.41, 5.74) is 1.51. The Balaban J connectivity index is 1.45. The first-order valence-electron chi connectivity index (χ1n) is 13.3. The van der Waals surface area contributed by atoms with Gasteiger partial charge in [-0.05, 0) is 82.8 Å². The van der Waals surface area contributed by atoms with Gasteiger partial charge in [0.05, 0.1) is 43.0 Å². The predicted octanol–water partition coefficient (Wildman–Crippen LogP) is 4.49. The molecule has 7 nitrogen and oxygen atoms in total. The molecule has 1 spiro atoms. The molecule has 2 aliphatic carbocycles. The zero-order valence-corrected chi connectivity index (χ0v) is 22.2. The number of rotatable bonds is 7. The Kier molecular flexibility index (Phi) is 6.68. The molecule has 196 valence electrons. The minimum absolute atomic E-state index is 0.0261. The summed E-state index contributed by atoms with van der Waals surface area (Å²) in [6.45, 7) is 1.38. The molecule has 0 bridgehead atoms. The van der Waals surface area contributed by atoms with Crippen molar-refractivity contribution in [3.8, 4) is 11.8 Å². The number of hydrogen-bond donors (Lipinski definition) is 1. The molecule has 0 aromatic heterocycles. The number of β-amino-alcohol motifs (C(OH)–C–C–N with tert-alkyl or cyclic N) is 1. The number of nitriles is 1. The van der Waals surface area contributed by atoms with Crippen molar-refractivity contribution in [3.05, 3.63) is 65.2 Å². The normalized spacial score (nSPS) is 26.9. The topological polar surface area (TPSA) is 80.0 Å². The van der Waals surface area contributed by atoms with Crippen LogP contribution in [-0.4, -0.2) is 71.3 Å². The van der Waals surface area contributed by atoms with Gasteiger partial charge in [-0.1, -0.05) is 30.3 Å². The van der Waals surface area contributed by atoms with Gasteiger partial charge in [0, 0.05) is 17.6 Å². The molecule has 1 saturated heterocycles. The average Bonchev–Trinajstić information content (AvgIpc) is 3.13. The summed E-state index contributed by atoms with van der Waals surface area (Å²) in [6.07, 6.45) is 6.11. The molecule has 2 amide bonds. The molecular weight excluding hydrogens is 464 g/mol. The van der Waals surface area contributed by atoms with Gasteiger partial charge in [0.2, 0.25) is 0 Å². The summed E-state index contributed by atoms with van der Waals surface area (Å²) in [5.74, 6) is 0.677. The highest BCUT2D eigenvalue weighted by atomic mass is 16.5. The van der Waals surface area contributed by atoms with Crippen LogP contribution in [0.3, 0.4) is 0 Å². The van der Waals surface area contributed by atoms with Gasteiger partial charge in [0.15, 0.2) is 0 Å². The van der Waals surface area contributed by atoms with Gasteiger partial charge in [-0.25, -0.2) is 4.79 Å². The molecular formula is C30H38N4O3. The van der Waals surface area contributed by atoms with E-state index >= 15 is 0 Å². The molecule has 5 rings (SSSR count). The number of carbonyl (C=O) groups excluding carboxylic acids is 1. The molecule has 1 N–H and O–H groups in total. The van der Waals surface area contributed by atoms with Crippen molar-refractivity contribution in [3.63, 3.8) is 0 Å². The largest absolute Gasteiger partial charge is 0.496 e. The Morgan fingerprint density at radius 2 is 1.76 bits per heavy atom. The van der Waals surface area contributed by atoms with E-state index < -0.39 is 5.60 Å². The van der Waals surface area contributed by atoms with Crippen LogP contribution >= 0.6 is 0 Å². The second-order valence-electron chi connectivity index (χ2n) is 11.5. The third kappa shape index (κ3) is 4.47. The smallest absolute Gasteiger partial charge is 0.321 e. The number of amides is 2. The monoisotopic (exact) mass is 502 g/mol. The van der Waals surface area contributed by atoms with E-state index in [4.69, 9.17) is 4.74 Å². The number of ether oxygens (including phenoxy) is 1. The van der Waals surface area contributed by atoms with Gasteiger partial charge in [-0.3, -0.25) is 4.90 Å². The summed E-state index contributed by atoms with van der Waals surface area (Å²) in [6, 6.07) is 18.2. The Hall–Kier alpha value is -3.08. The van der Waals surface area contributed by atoms with E-state index in [9.17, 15) is 15.2 Å². The van der Waals surface area contributed by atoms with E-state index in [1.165, 1.54) is 5.56 Å². The zero-order valence-electron chi connectivity index (χ0n) is 22.2. The van der Waals surface area contributed by atoms with Crippen LogP contribution in [0.1, 0.15) is 61.6 Å². The third-order valence-electron chi connectivity index (χ3n) is 9.24. The minimum atomic E-state index is -0.785. The summed E-state index contributed by atoms with van der Waals surface area (Å²) in [7, 11) is 5.92. The van der Waals surface area contributed by atoms with E-state index in [0.717, 1.165) is 50.5 Å². The van der Waals surface area contributed by atoms with Gasteiger partial charge in [-0.15, -0.1) is 0 Å². The molecule has 0 unspecified atom stereocenters. The van der Waals surface area contributed by atoms with Crippen molar-refractivity contribution in [1.29, 1.82) is 5.26 Å². The van der Waals surface area contributed by atoms with E-state index in [1.807, 2.05) is 15.9 Å². The standard InChI is InChI=1S/C30H38N4O3/c1-32(2)30(25-8-5-4-6-9-25)16-14-28(15-17-30)21-33(27(35)34(28)22-29(36)12-7-13-29)20-24-18-23(19-31)10-11-26(24)37-3/h4-6,8-11,18,36H,7,12-17,20-22H2,1-3H3. The van der Waals surface area contributed by atoms with Crippen LogP contribution in [0.5, 0.6) is 5.75 Å². The van der Waals surface area contributed by atoms with Crippen molar-refractivity contribution in [2.75, 3.05) is 34.3 Å². The van der Waals surface area contributed by atoms with Crippen molar-refractivity contribution in [2.24, 2.45) is 0 Å². The summed E-state index contributed by atoms with van der Waals surface area (Å²) < 4.78 is 5.56. The highest BCUT2D eigenvalue weighted by Gasteiger charge is 2.56. The van der Waals surface area contributed by atoms with Crippen LogP contribution < -0.4 is 4.74 Å². The van der Waals surface area contributed by atoms with Gasteiger partial charge in [-0.2, -0.15) is 5.26 Å². The summed E-state index contributed by atoms with van der Waals surface area (Å²) in [5, 5.41) is 20.5. The number of carbonyl (C=O) groups is 1. The molecule has 37 heavy (non-hydrogen) atoms. The molecule has 0 atom stereocenters. The first-order valence-corrected chi connectivity index (χ1v) is 13.3. The maximum atomic E-state index is 13.9. The van der Waals surface area contributed by atoms with Gasteiger partial charge in [0.25, 0.3) is 0 Å². The molecule has 3 aliphatic rings. The van der Waals surface area contributed by atoms with Gasteiger partial charge >= 0.3 is 6.03 Å². The first-order chi connectivity index (χ1) is 17.7. The zero-order chi connectivity index (χ0) is 26.3. The Bertz CT molecular complexity index is 1180. The van der Waals surface area contributed by atoms with Crippen LogP contribution in [0.4, 0.5) is 4.79 Å². The number of methoxy groups -OCH3 is 1. The number of aliphatic hydroxyl groups is 1. The number of benzene rings is 2. The van der Waals surface area contributed by atoms with E-state index in [-0.39, 0.29) is 17.1 Å². The Labute approximate surface area is 220 Å². The predicted molar refractivity (Wildman–Crippen MR) is 142 cm³/mol. The molecule has 1 heterocycles. The van der Waals surface area contributed by atoms with Crippen LogP contribution in [0, 0.1) is 11.3 Å². The van der Waals surface area contributed by atoms with Crippen molar-refractivity contribution >= 4 is 6.03 Å². The second-order valence-corrected chi connectivity index (χ2v) is 11.5. The molecule has 0 radical (unpaired) electrons. The fraction of sp³-hybridized carbons (Fsp3) is 0.533. The molecule has 2 saturated carbocycles. The van der Waals surface area contributed by atoms with E-state index in [1.54, 1.807) is 19.2 Å². The highest BCUT2D eigenvalue weighted by Crippen LogP contribution is 2.50. The maximum Gasteiger partial charge on any atom is 0.321 e. The summed E-state index contributed by atoms with van der Waals surface area (Å²) in [4.78, 5) is 20.2. The lowest BCUT2D eigenvalue weighted by atomic mass is 9.67. The van der Waals surface area contributed by atoms with E-state index in [2.05, 4.69) is 55.4 Å². The summed E-state index contributed by atoms with van der Waals surface area (Å²) >= 11 is 0. The quantitative estimate of drug-likeness (QED) is 0.604. The molecule has 3 fully saturated rings. The van der Waals surface area contributed by atoms with Crippen molar-refractivity contribution in [1.82, 2.24) is 14.7 Å². The molecule has 2 aromatic rings. The molecule has 1 aliphatic heterocycles. The Morgan fingerprint density at radius 1 is 1.05 bits per heavy atom. The van der Waals surface area contributed by atoms with Crippen LogP contribution in [-0.2, 0) is 12.1 Å². The Morgan fingerprint density at radius 3 is 2.32 bits per heavy atom. The van der Waals surface area contributed by atoms with Gasteiger partial charge < -0.3 is 19.6 Å². The number of hydrogen-bond acceptors (Lipinski definition) is 5. The number of nitrogens with zero attached hydrogens (tertiary/aromatic N) is 4. The van der Waals surface area contributed by atoms with Crippen LogP contribution in [0.2, 0.25) is 0 Å². The van der Waals surface area contributed by atoms with E-state index in [0.29, 0.717) is 30.9 Å². The fourth-order valence-corrected chi connectivity index (χ4v) is 6.75. The molecule has 7 heteroatoms. The minimum Gasteiger partial charge on any atom is -0.496 e. The highest BCUT2D eigenvalue weighted by molar-refractivity contribution is 5.78. The van der Waals surface area contributed by atoms with Crippen molar-refractivity contribution in [2.45, 2.75) is 68.2 Å². The number of urea groups is 1. The first kappa shape index (κ1) is 25.6. The van der Waals surface area contributed by atoms with Crippen LogP contribution in [0.15, 0.2) is 48.5 Å². The fourth-order valence-electron chi connectivity index (χ4n) is 6.75. The maximum absolute atomic E-state index is 13.9. The van der Waals surface area contributed by atoms with Crippen molar-refractivity contribution < 1.29 is 14.6 Å². The average molecular weight is 503 g/mol. The third-order valence-corrected chi connectivity index (χ3v) is 9.24. The SMILES string of the molecule is COc1ccc(C#N)cc1CN1CC2(CCC(c3ccccc3)(N(C)C)CC2)N(CC2(O)CCC2)C1=O. The van der Waals surface area contributed by atoms with Gasteiger partial charge in [0.1, 0.15) is 5.75 Å². The molecule has 2 aromatic carbocycles. The lowest BCUT2D eigenvalue weighted by molar-refractivity contribution is -0.0725. The second kappa shape index (κ2) is 9.66. The lowest BCUT2D eigenvalue weighted by Crippen LogP contribution is -2.59.